The lowest BCUT2D eigenvalue weighted by molar-refractivity contribution is -0.136. The average Bonchev–Trinajstić information content (AvgIpc) is 2.67. The van der Waals surface area contributed by atoms with Gasteiger partial charge in [0, 0.05) is 38.5 Å². The highest BCUT2D eigenvalue weighted by Crippen LogP contribution is 2.16. The molecule has 0 N–H and O–H groups in total. The van der Waals surface area contributed by atoms with Crippen molar-refractivity contribution in [3.8, 4) is 0 Å². The van der Waals surface area contributed by atoms with Crippen molar-refractivity contribution in [2.75, 3.05) is 34.4 Å². The Labute approximate surface area is 127 Å². The summed E-state index contributed by atoms with van der Waals surface area (Å²) in [6.45, 7) is 7.63. The Balaban J connectivity index is 2.95. The second-order valence-electron chi connectivity index (χ2n) is 5.67. The summed E-state index contributed by atoms with van der Waals surface area (Å²) < 4.78 is 7.00. The van der Waals surface area contributed by atoms with Gasteiger partial charge in [-0.05, 0) is 34.9 Å². The maximum Gasteiger partial charge on any atom is 0.240 e. The van der Waals surface area contributed by atoms with Gasteiger partial charge >= 0.3 is 0 Å². The summed E-state index contributed by atoms with van der Waals surface area (Å²) in [5, 5.41) is 4.42. The maximum absolute atomic E-state index is 12.6. The van der Waals surface area contributed by atoms with Gasteiger partial charge in [-0.15, -0.1) is 0 Å². The molecule has 0 saturated carbocycles. The van der Waals surface area contributed by atoms with Gasteiger partial charge in [0.15, 0.2) is 0 Å². The Hall–Kier alpha value is -1.40. The predicted molar refractivity (Wildman–Crippen MR) is 83.1 cm³/mol. The number of ether oxygens (including phenoxy) is 1. The first-order chi connectivity index (χ1) is 9.79. The number of nitrogens with zero attached hydrogens (tertiary/aromatic N) is 4. The first kappa shape index (κ1) is 17.7. The van der Waals surface area contributed by atoms with E-state index in [2.05, 4.69) is 5.10 Å². The molecule has 1 aromatic heterocycles. The molecule has 1 heterocycles. The van der Waals surface area contributed by atoms with Crippen LogP contribution in [0.2, 0.25) is 0 Å². The van der Waals surface area contributed by atoms with Crippen LogP contribution in [-0.4, -0.2) is 65.9 Å². The molecule has 21 heavy (non-hydrogen) atoms. The summed E-state index contributed by atoms with van der Waals surface area (Å²) in [5.41, 5.74) is 3.19. The quantitative estimate of drug-likeness (QED) is 0.752. The van der Waals surface area contributed by atoms with Gasteiger partial charge in [-0.1, -0.05) is 0 Å². The van der Waals surface area contributed by atoms with Crippen molar-refractivity contribution in [2.24, 2.45) is 7.05 Å². The third kappa shape index (κ3) is 4.28. The fourth-order valence-corrected chi connectivity index (χ4v) is 2.19. The van der Waals surface area contributed by atoms with Gasteiger partial charge in [0.1, 0.15) is 0 Å². The molecular weight excluding hydrogens is 268 g/mol. The molecule has 0 aromatic carbocycles. The van der Waals surface area contributed by atoms with E-state index in [1.54, 1.807) is 7.11 Å². The molecule has 0 bridgehead atoms. The molecule has 1 unspecified atom stereocenters. The molecule has 0 radical (unpaired) electrons. The number of rotatable bonds is 7. The number of aryl methyl sites for hydroxylation is 2. The molecular formula is C15H28N4O2. The first-order valence-corrected chi connectivity index (χ1v) is 7.22. The van der Waals surface area contributed by atoms with Crippen LogP contribution >= 0.6 is 0 Å². The minimum atomic E-state index is -0.154. The number of likely N-dealkylation sites (N-methyl/N-ethyl adjacent to an activating group) is 1. The van der Waals surface area contributed by atoms with E-state index in [9.17, 15) is 4.79 Å². The number of aromatic nitrogens is 2. The molecule has 1 aromatic rings. The minimum Gasteiger partial charge on any atom is -0.383 e. The van der Waals surface area contributed by atoms with E-state index in [1.807, 2.05) is 56.4 Å². The Morgan fingerprint density at radius 3 is 2.43 bits per heavy atom. The summed E-state index contributed by atoms with van der Waals surface area (Å²) in [5.74, 6) is 0.111. The fourth-order valence-electron chi connectivity index (χ4n) is 2.19. The zero-order valence-electron chi connectivity index (χ0n) is 14.3. The predicted octanol–water partition coefficient (Wildman–Crippen LogP) is 0.962. The third-order valence-corrected chi connectivity index (χ3v) is 4.02. The first-order valence-electron chi connectivity index (χ1n) is 7.22. The van der Waals surface area contributed by atoms with Crippen molar-refractivity contribution in [3.05, 3.63) is 17.0 Å². The van der Waals surface area contributed by atoms with E-state index < -0.39 is 0 Å². The monoisotopic (exact) mass is 296 g/mol. The number of carbonyl (C=O) groups excluding carboxylic acids is 1. The number of carbonyl (C=O) groups is 1. The topological polar surface area (TPSA) is 50.6 Å². The Bertz CT molecular complexity index is 482. The lowest BCUT2D eigenvalue weighted by atomic mass is 10.1. The van der Waals surface area contributed by atoms with Crippen molar-refractivity contribution in [1.29, 1.82) is 0 Å². The largest absolute Gasteiger partial charge is 0.383 e. The molecule has 1 rings (SSSR count). The van der Waals surface area contributed by atoms with Gasteiger partial charge in [0.05, 0.1) is 18.3 Å². The Kier molecular flexibility index (Phi) is 6.36. The van der Waals surface area contributed by atoms with Crippen LogP contribution in [0, 0.1) is 13.8 Å². The third-order valence-electron chi connectivity index (χ3n) is 4.02. The highest BCUT2D eigenvalue weighted by atomic mass is 16.5. The fraction of sp³-hybridized carbons (Fsp3) is 0.733. The average molecular weight is 296 g/mol. The van der Waals surface area contributed by atoms with Gasteiger partial charge in [-0.3, -0.25) is 14.4 Å². The lowest BCUT2D eigenvalue weighted by Crippen LogP contribution is -2.45. The van der Waals surface area contributed by atoms with Gasteiger partial charge in [-0.2, -0.15) is 5.10 Å². The standard InChI is InChI=1S/C15H28N4O2/c1-11-14(12(2)18(6)16-11)10-19(8-9-21-7)15(20)13(3)17(4)5/h13H,8-10H2,1-7H3. The highest BCUT2D eigenvalue weighted by Gasteiger charge is 2.24. The number of hydrogen-bond acceptors (Lipinski definition) is 4. The normalized spacial score (nSPS) is 12.8. The van der Waals surface area contributed by atoms with E-state index in [4.69, 9.17) is 4.74 Å². The van der Waals surface area contributed by atoms with Gasteiger partial charge in [0.25, 0.3) is 0 Å². The molecule has 6 nitrogen and oxygen atoms in total. The number of methoxy groups -OCH3 is 1. The van der Waals surface area contributed by atoms with Crippen LogP contribution < -0.4 is 0 Å². The van der Waals surface area contributed by atoms with Crippen LogP contribution in [0.1, 0.15) is 23.9 Å². The zero-order valence-corrected chi connectivity index (χ0v) is 14.3. The van der Waals surface area contributed by atoms with Crippen molar-refractivity contribution >= 4 is 5.91 Å². The molecule has 0 aliphatic heterocycles. The van der Waals surface area contributed by atoms with Crippen LogP contribution in [0.5, 0.6) is 0 Å². The second-order valence-corrected chi connectivity index (χ2v) is 5.67. The molecule has 6 heteroatoms. The van der Waals surface area contributed by atoms with Crippen LogP contribution in [0.15, 0.2) is 0 Å². The molecule has 0 spiro atoms. The lowest BCUT2D eigenvalue weighted by Gasteiger charge is -2.28. The van der Waals surface area contributed by atoms with E-state index in [0.29, 0.717) is 19.7 Å². The van der Waals surface area contributed by atoms with Gasteiger partial charge in [0.2, 0.25) is 5.91 Å². The van der Waals surface area contributed by atoms with E-state index >= 15 is 0 Å². The van der Waals surface area contributed by atoms with Crippen molar-refractivity contribution in [1.82, 2.24) is 19.6 Å². The van der Waals surface area contributed by atoms with Crippen molar-refractivity contribution in [2.45, 2.75) is 33.4 Å². The molecule has 0 fully saturated rings. The summed E-state index contributed by atoms with van der Waals surface area (Å²) in [6.07, 6.45) is 0. The van der Waals surface area contributed by atoms with Gasteiger partial charge in [-0.25, -0.2) is 0 Å². The maximum atomic E-state index is 12.6. The van der Waals surface area contributed by atoms with E-state index in [1.165, 1.54) is 0 Å². The summed E-state index contributed by atoms with van der Waals surface area (Å²) in [4.78, 5) is 16.4. The zero-order chi connectivity index (χ0) is 16.2. The Morgan fingerprint density at radius 2 is 2.00 bits per heavy atom. The molecule has 120 valence electrons. The Morgan fingerprint density at radius 1 is 1.38 bits per heavy atom. The van der Waals surface area contributed by atoms with Crippen LogP contribution in [0.3, 0.4) is 0 Å². The number of amides is 1. The smallest absolute Gasteiger partial charge is 0.240 e. The van der Waals surface area contributed by atoms with Crippen molar-refractivity contribution < 1.29 is 9.53 Å². The van der Waals surface area contributed by atoms with E-state index in [-0.39, 0.29) is 11.9 Å². The molecule has 1 atom stereocenters. The van der Waals surface area contributed by atoms with Crippen LogP contribution in [-0.2, 0) is 23.1 Å². The highest BCUT2D eigenvalue weighted by molar-refractivity contribution is 5.81. The van der Waals surface area contributed by atoms with E-state index in [0.717, 1.165) is 17.0 Å². The van der Waals surface area contributed by atoms with Crippen molar-refractivity contribution in [3.63, 3.8) is 0 Å². The summed E-state index contributed by atoms with van der Waals surface area (Å²) >= 11 is 0. The molecule has 1 amide bonds. The second kappa shape index (κ2) is 7.56. The van der Waals surface area contributed by atoms with Crippen LogP contribution in [0.25, 0.3) is 0 Å². The molecule has 0 aliphatic carbocycles. The van der Waals surface area contributed by atoms with Crippen LogP contribution in [0.4, 0.5) is 0 Å². The minimum absolute atomic E-state index is 0.111. The molecule has 0 saturated heterocycles. The van der Waals surface area contributed by atoms with Gasteiger partial charge < -0.3 is 9.64 Å². The molecule has 0 aliphatic rings. The SMILES string of the molecule is COCCN(Cc1c(C)nn(C)c1C)C(=O)C(C)N(C)C. The number of hydrogen-bond donors (Lipinski definition) is 0. The summed E-state index contributed by atoms with van der Waals surface area (Å²) in [7, 11) is 7.41. The summed E-state index contributed by atoms with van der Waals surface area (Å²) in [6, 6.07) is -0.154.